The van der Waals surface area contributed by atoms with Crippen LogP contribution in [0.3, 0.4) is 0 Å². The molecule has 0 saturated heterocycles. The molecule has 7 heteroatoms. The summed E-state index contributed by atoms with van der Waals surface area (Å²) >= 11 is 7.09. The van der Waals surface area contributed by atoms with Crippen LogP contribution in [0.15, 0.2) is 47.2 Å². The number of amidine groups is 1. The molecular weight excluding hydrogens is 382 g/mol. The SMILES string of the molecule is C/C=C(\C)NC(=N/C=C/CCl)S[C@@H]1c2cc(C#N)ccc2OC(C)(C)[C@H]1O. The quantitative estimate of drug-likeness (QED) is 0.438. The molecule has 27 heavy (non-hydrogen) atoms. The van der Waals surface area contributed by atoms with Crippen LogP contribution in [-0.2, 0) is 0 Å². The molecule has 1 aromatic rings. The molecule has 0 radical (unpaired) electrons. The molecule has 0 fully saturated rings. The van der Waals surface area contributed by atoms with Crippen molar-refractivity contribution in [3.8, 4) is 11.8 Å². The Labute approximate surface area is 169 Å². The van der Waals surface area contributed by atoms with Gasteiger partial charge in [0.25, 0.3) is 0 Å². The van der Waals surface area contributed by atoms with E-state index in [1.807, 2.05) is 33.8 Å². The van der Waals surface area contributed by atoms with Crippen molar-refractivity contribution in [2.24, 2.45) is 4.99 Å². The fourth-order valence-electron chi connectivity index (χ4n) is 2.55. The number of nitrogens with zero attached hydrogens (tertiary/aromatic N) is 2. The van der Waals surface area contributed by atoms with E-state index in [1.54, 1.807) is 30.5 Å². The van der Waals surface area contributed by atoms with Crippen molar-refractivity contribution in [1.82, 2.24) is 5.32 Å². The summed E-state index contributed by atoms with van der Waals surface area (Å²) in [5.74, 6) is 1.03. The normalized spacial score (nSPS) is 22.1. The topological polar surface area (TPSA) is 77.6 Å². The minimum Gasteiger partial charge on any atom is -0.485 e. The Balaban J connectivity index is 2.45. The lowest BCUT2D eigenvalue weighted by Crippen LogP contribution is -2.48. The van der Waals surface area contributed by atoms with Gasteiger partial charge in [0.15, 0.2) is 5.17 Å². The van der Waals surface area contributed by atoms with E-state index in [1.165, 1.54) is 11.8 Å². The molecule has 1 heterocycles. The predicted octanol–water partition coefficient (Wildman–Crippen LogP) is 4.49. The van der Waals surface area contributed by atoms with Crippen LogP contribution in [0.4, 0.5) is 0 Å². The molecule has 1 aromatic carbocycles. The summed E-state index contributed by atoms with van der Waals surface area (Å²) in [5, 5.41) is 23.7. The van der Waals surface area contributed by atoms with Crippen molar-refractivity contribution in [1.29, 1.82) is 5.26 Å². The molecular formula is C20H24ClN3O2S. The highest BCUT2D eigenvalue weighted by Gasteiger charge is 2.44. The number of alkyl halides is 1. The van der Waals surface area contributed by atoms with Crippen LogP contribution >= 0.6 is 23.4 Å². The van der Waals surface area contributed by atoms with Crippen molar-refractivity contribution in [3.05, 3.63) is 53.4 Å². The Hall–Kier alpha value is -1.94. The van der Waals surface area contributed by atoms with Gasteiger partial charge in [0.2, 0.25) is 0 Å². The minimum atomic E-state index is -0.793. The number of hydrogen-bond acceptors (Lipinski definition) is 5. The second kappa shape index (κ2) is 9.32. The van der Waals surface area contributed by atoms with Crippen molar-refractivity contribution in [2.75, 3.05) is 5.88 Å². The Kier molecular flexibility index (Phi) is 7.37. The number of nitriles is 1. The van der Waals surface area contributed by atoms with Crippen molar-refractivity contribution < 1.29 is 9.84 Å². The van der Waals surface area contributed by atoms with Crippen LogP contribution in [0, 0.1) is 11.3 Å². The third-order valence-corrected chi connectivity index (χ3v) is 5.55. The number of thioether (sulfide) groups is 1. The molecule has 0 amide bonds. The Morgan fingerprint density at radius 2 is 2.26 bits per heavy atom. The number of halogens is 1. The van der Waals surface area contributed by atoms with Gasteiger partial charge in [-0.05, 0) is 45.9 Å². The maximum absolute atomic E-state index is 11.0. The van der Waals surface area contributed by atoms with Crippen LogP contribution in [0.5, 0.6) is 5.75 Å². The van der Waals surface area contributed by atoms with Crippen LogP contribution in [-0.4, -0.2) is 27.9 Å². The molecule has 5 nitrogen and oxygen atoms in total. The molecule has 0 saturated carbocycles. The average Bonchev–Trinajstić information content (AvgIpc) is 2.64. The van der Waals surface area contributed by atoms with Gasteiger partial charge in [-0.25, -0.2) is 4.99 Å². The number of rotatable bonds is 4. The highest BCUT2D eigenvalue weighted by molar-refractivity contribution is 8.14. The molecule has 2 rings (SSSR count). The van der Waals surface area contributed by atoms with E-state index in [0.29, 0.717) is 22.4 Å². The highest BCUT2D eigenvalue weighted by Crippen LogP contribution is 2.47. The summed E-state index contributed by atoms with van der Waals surface area (Å²) in [7, 11) is 0. The highest BCUT2D eigenvalue weighted by atomic mass is 35.5. The van der Waals surface area contributed by atoms with Crippen molar-refractivity contribution in [2.45, 2.75) is 44.6 Å². The largest absolute Gasteiger partial charge is 0.485 e. The average molecular weight is 406 g/mol. The molecule has 2 N–H and O–H groups in total. The van der Waals surface area contributed by atoms with Gasteiger partial charge in [0.1, 0.15) is 17.5 Å². The maximum atomic E-state index is 11.0. The Morgan fingerprint density at radius 1 is 1.52 bits per heavy atom. The van der Waals surface area contributed by atoms with Crippen molar-refractivity contribution >= 4 is 28.5 Å². The van der Waals surface area contributed by atoms with Gasteiger partial charge >= 0.3 is 0 Å². The van der Waals surface area contributed by atoms with E-state index in [4.69, 9.17) is 16.3 Å². The smallest absolute Gasteiger partial charge is 0.166 e. The number of nitrogens with one attached hydrogen (secondary N) is 1. The second-order valence-electron chi connectivity index (χ2n) is 6.62. The van der Waals surface area contributed by atoms with Gasteiger partial charge in [-0.1, -0.05) is 23.9 Å². The van der Waals surface area contributed by atoms with Crippen LogP contribution in [0.2, 0.25) is 0 Å². The molecule has 1 aliphatic rings. The fourth-order valence-corrected chi connectivity index (χ4v) is 3.98. The van der Waals surface area contributed by atoms with E-state index in [9.17, 15) is 10.4 Å². The van der Waals surface area contributed by atoms with Crippen LogP contribution in [0.25, 0.3) is 0 Å². The number of ether oxygens (including phenoxy) is 1. The summed E-state index contributed by atoms with van der Waals surface area (Å²) in [6.07, 6.45) is 4.52. The molecule has 2 atom stereocenters. The number of hydrogen-bond donors (Lipinski definition) is 2. The second-order valence-corrected chi connectivity index (χ2v) is 8.06. The number of fused-ring (bicyclic) bond motifs is 1. The molecule has 1 aliphatic heterocycles. The van der Waals surface area contributed by atoms with Gasteiger partial charge in [-0.2, -0.15) is 5.26 Å². The summed E-state index contributed by atoms with van der Waals surface area (Å²) in [6, 6.07) is 7.41. The predicted molar refractivity (Wildman–Crippen MR) is 112 cm³/mol. The number of aliphatic imine (C=N–C) groups is 1. The Bertz CT molecular complexity index is 812. The maximum Gasteiger partial charge on any atom is 0.166 e. The standard InChI is InChI=1S/C20H24ClN3O2S/c1-5-13(2)24-19(23-10-6-9-21)27-17-15-11-14(12-22)7-8-16(15)26-20(3,4)18(17)25/h5-8,10-11,17-18,25H,9H2,1-4H3,(H,23,24)/b10-6+,13-5+/t17-,18+/m1/s1. The summed E-state index contributed by atoms with van der Waals surface area (Å²) in [4.78, 5) is 4.44. The molecule has 0 unspecified atom stereocenters. The first-order valence-corrected chi connectivity index (χ1v) is 10.00. The number of benzene rings is 1. The van der Waals surface area contributed by atoms with E-state index < -0.39 is 11.7 Å². The lowest BCUT2D eigenvalue weighted by Gasteiger charge is -2.41. The molecule has 0 spiro atoms. The first-order chi connectivity index (χ1) is 12.8. The summed E-state index contributed by atoms with van der Waals surface area (Å²) in [6.45, 7) is 7.57. The van der Waals surface area contributed by atoms with Gasteiger partial charge in [-0.3, -0.25) is 0 Å². The zero-order valence-electron chi connectivity index (χ0n) is 15.9. The third kappa shape index (κ3) is 5.29. The van der Waals surface area contributed by atoms with Crippen LogP contribution in [0.1, 0.15) is 44.1 Å². The molecule has 0 aromatic heterocycles. The van der Waals surface area contributed by atoms with E-state index in [-0.39, 0.29) is 5.25 Å². The van der Waals surface area contributed by atoms with E-state index in [0.717, 1.165) is 11.3 Å². The monoisotopic (exact) mass is 405 g/mol. The van der Waals surface area contributed by atoms with E-state index in [2.05, 4.69) is 16.4 Å². The zero-order chi connectivity index (χ0) is 20.0. The molecule has 0 bridgehead atoms. The first-order valence-electron chi connectivity index (χ1n) is 8.59. The first kappa shape index (κ1) is 21.4. The number of allylic oxidation sites excluding steroid dienone is 3. The fraction of sp³-hybridized carbons (Fsp3) is 0.400. The number of aliphatic hydroxyl groups excluding tert-OH is 1. The van der Waals surface area contributed by atoms with Crippen molar-refractivity contribution in [3.63, 3.8) is 0 Å². The zero-order valence-corrected chi connectivity index (χ0v) is 17.4. The Morgan fingerprint density at radius 3 is 2.89 bits per heavy atom. The lowest BCUT2D eigenvalue weighted by atomic mass is 9.90. The third-order valence-electron chi connectivity index (χ3n) is 4.18. The minimum absolute atomic E-state index is 0.350. The lowest BCUT2D eigenvalue weighted by molar-refractivity contribution is -0.0428. The number of aliphatic hydroxyl groups is 1. The van der Waals surface area contributed by atoms with Gasteiger partial charge < -0.3 is 15.2 Å². The summed E-state index contributed by atoms with van der Waals surface area (Å²) in [5.41, 5.74) is 1.46. The van der Waals surface area contributed by atoms with Gasteiger partial charge in [0, 0.05) is 23.3 Å². The van der Waals surface area contributed by atoms with E-state index >= 15 is 0 Å². The van der Waals surface area contributed by atoms with Crippen LogP contribution < -0.4 is 10.1 Å². The molecule has 144 valence electrons. The molecule has 0 aliphatic carbocycles. The van der Waals surface area contributed by atoms with Gasteiger partial charge in [-0.15, -0.1) is 11.6 Å². The summed E-state index contributed by atoms with van der Waals surface area (Å²) < 4.78 is 5.97. The van der Waals surface area contributed by atoms with Gasteiger partial charge in [0.05, 0.1) is 16.9 Å².